The fraction of sp³-hybridized carbons (Fsp3) is 0.438. The highest BCUT2D eigenvalue weighted by Crippen LogP contribution is 2.02. The van der Waals surface area contributed by atoms with Crippen LogP contribution in [0.1, 0.15) is 36.7 Å². The summed E-state index contributed by atoms with van der Waals surface area (Å²) < 4.78 is 4.95. The number of amides is 2. The minimum absolute atomic E-state index is 0.0325. The van der Waals surface area contributed by atoms with E-state index in [1.54, 1.807) is 12.1 Å². The molecule has 0 heterocycles. The molecule has 1 aromatic carbocycles. The van der Waals surface area contributed by atoms with E-state index in [1.165, 1.54) is 6.92 Å². The number of aryl methyl sites for hydroxylation is 1. The van der Waals surface area contributed by atoms with Crippen LogP contribution in [0.15, 0.2) is 24.3 Å². The van der Waals surface area contributed by atoms with Crippen LogP contribution < -0.4 is 10.6 Å². The number of benzene rings is 1. The molecule has 2 N–H and O–H groups in total. The minimum atomic E-state index is -0.897. The molecule has 0 aromatic heterocycles. The second-order valence-corrected chi connectivity index (χ2v) is 5.34. The molecule has 0 aliphatic carbocycles. The molecule has 0 aliphatic rings. The van der Waals surface area contributed by atoms with Gasteiger partial charge in [0, 0.05) is 11.6 Å². The molecule has 0 bridgehead atoms. The van der Waals surface area contributed by atoms with Crippen molar-refractivity contribution in [3.8, 4) is 0 Å². The number of carbonyl (C=O) groups is 3. The van der Waals surface area contributed by atoms with Crippen molar-refractivity contribution in [2.75, 3.05) is 6.54 Å². The zero-order valence-electron chi connectivity index (χ0n) is 13.3. The van der Waals surface area contributed by atoms with Crippen molar-refractivity contribution in [2.45, 2.75) is 39.8 Å². The Hall–Kier alpha value is -2.37. The summed E-state index contributed by atoms with van der Waals surface area (Å²) in [5.41, 5.74) is 1.50. The lowest BCUT2D eigenvalue weighted by molar-refractivity contribution is -0.153. The third kappa shape index (κ3) is 5.95. The van der Waals surface area contributed by atoms with Gasteiger partial charge < -0.3 is 15.4 Å². The molecule has 0 aliphatic heterocycles. The van der Waals surface area contributed by atoms with Crippen LogP contribution in [0.25, 0.3) is 0 Å². The van der Waals surface area contributed by atoms with Gasteiger partial charge in [0.25, 0.3) is 11.8 Å². The summed E-state index contributed by atoms with van der Waals surface area (Å²) in [6, 6.07) is 6.94. The van der Waals surface area contributed by atoms with Crippen molar-refractivity contribution < 1.29 is 19.1 Å². The van der Waals surface area contributed by atoms with E-state index in [0.29, 0.717) is 5.56 Å². The van der Waals surface area contributed by atoms with Crippen LogP contribution in [0.4, 0.5) is 0 Å². The molecule has 1 unspecified atom stereocenters. The first-order valence-electron chi connectivity index (χ1n) is 7.14. The number of ether oxygens (including phenoxy) is 1. The van der Waals surface area contributed by atoms with Gasteiger partial charge in [-0.25, -0.2) is 0 Å². The van der Waals surface area contributed by atoms with E-state index in [2.05, 4.69) is 10.6 Å². The first-order chi connectivity index (χ1) is 10.3. The smallest absolute Gasteiger partial charge is 0.326 e. The summed E-state index contributed by atoms with van der Waals surface area (Å²) >= 11 is 0. The summed E-state index contributed by atoms with van der Waals surface area (Å²) in [6.07, 6.45) is -0.897. The number of carbonyl (C=O) groups excluding carboxylic acids is 3. The quantitative estimate of drug-likeness (QED) is 0.773. The summed E-state index contributed by atoms with van der Waals surface area (Å²) in [6.45, 7) is 6.74. The lowest BCUT2D eigenvalue weighted by atomic mass is 10.1. The molecule has 1 rings (SSSR count). The zero-order valence-corrected chi connectivity index (χ0v) is 13.3. The van der Waals surface area contributed by atoms with Crippen molar-refractivity contribution in [2.24, 2.45) is 0 Å². The molecule has 0 spiro atoms. The van der Waals surface area contributed by atoms with Gasteiger partial charge >= 0.3 is 5.97 Å². The molecule has 1 atom stereocenters. The maximum atomic E-state index is 11.8. The monoisotopic (exact) mass is 306 g/mol. The van der Waals surface area contributed by atoms with Crippen molar-refractivity contribution in [1.29, 1.82) is 0 Å². The Labute approximate surface area is 130 Å². The van der Waals surface area contributed by atoms with Gasteiger partial charge in [0.1, 0.15) is 6.54 Å². The fourth-order valence-corrected chi connectivity index (χ4v) is 1.65. The third-order valence-electron chi connectivity index (χ3n) is 2.82. The summed E-state index contributed by atoms with van der Waals surface area (Å²) in [5, 5.41) is 5.10. The highest BCUT2D eigenvalue weighted by Gasteiger charge is 2.18. The second-order valence-electron chi connectivity index (χ2n) is 5.34. The van der Waals surface area contributed by atoms with E-state index in [1.807, 2.05) is 32.9 Å². The van der Waals surface area contributed by atoms with Crippen LogP contribution in [-0.4, -0.2) is 36.5 Å². The molecule has 0 fully saturated rings. The van der Waals surface area contributed by atoms with Crippen LogP contribution in [0, 0.1) is 6.92 Å². The Bertz CT molecular complexity index is 538. The Morgan fingerprint density at radius 3 is 2.23 bits per heavy atom. The van der Waals surface area contributed by atoms with Crippen LogP contribution >= 0.6 is 0 Å². The van der Waals surface area contributed by atoms with Gasteiger partial charge in [-0.3, -0.25) is 14.4 Å². The molecule has 2 amide bonds. The van der Waals surface area contributed by atoms with Crippen molar-refractivity contribution in [1.82, 2.24) is 10.6 Å². The van der Waals surface area contributed by atoms with Gasteiger partial charge in [-0.1, -0.05) is 17.7 Å². The van der Waals surface area contributed by atoms with E-state index in [9.17, 15) is 14.4 Å². The molecule has 6 heteroatoms. The molecule has 120 valence electrons. The maximum absolute atomic E-state index is 11.8. The van der Waals surface area contributed by atoms with Crippen molar-refractivity contribution in [3.63, 3.8) is 0 Å². The number of hydrogen-bond donors (Lipinski definition) is 2. The van der Waals surface area contributed by atoms with Gasteiger partial charge in [-0.15, -0.1) is 0 Å². The zero-order chi connectivity index (χ0) is 16.7. The molecule has 6 nitrogen and oxygen atoms in total. The number of nitrogens with one attached hydrogen (secondary N) is 2. The van der Waals surface area contributed by atoms with Gasteiger partial charge in [-0.2, -0.15) is 0 Å². The highest BCUT2D eigenvalue weighted by molar-refractivity contribution is 5.96. The number of rotatable bonds is 6. The third-order valence-corrected chi connectivity index (χ3v) is 2.82. The molecular weight excluding hydrogens is 284 g/mol. The maximum Gasteiger partial charge on any atom is 0.326 e. The van der Waals surface area contributed by atoms with Gasteiger partial charge in [0.2, 0.25) is 0 Å². The van der Waals surface area contributed by atoms with E-state index in [0.717, 1.165) is 5.56 Å². The molecule has 0 saturated carbocycles. The van der Waals surface area contributed by atoms with Crippen LogP contribution in [0.2, 0.25) is 0 Å². The van der Waals surface area contributed by atoms with Crippen molar-refractivity contribution in [3.05, 3.63) is 35.4 Å². The molecule has 0 radical (unpaired) electrons. The summed E-state index contributed by atoms with van der Waals surface area (Å²) in [5.74, 6) is -1.39. The minimum Gasteiger partial charge on any atom is -0.451 e. The van der Waals surface area contributed by atoms with Crippen LogP contribution in [-0.2, 0) is 14.3 Å². The molecular formula is C16H22N2O4. The van der Waals surface area contributed by atoms with E-state index in [-0.39, 0.29) is 24.4 Å². The van der Waals surface area contributed by atoms with Gasteiger partial charge in [-0.05, 0) is 39.8 Å². The normalized spacial score (nSPS) is 11.7. The van der Waals surface area contributed by atoms with Crippen LogP contribution in [0.5, 0.6) is 0 Å². The van der Waals surface area contributed by atoms with E-state index >= 15 is 0 Å². The van der Waals surface area contributed by atoms with E-state index in [4.69, 9.17) is 4.74 Å². The Morgan fingerprint density at radius 2 is 1.68 bits per heavy atom. The number of hydrogen-bond acceptors (Lipinski definition) is 4. The van der Waals surface area contributed by atoms with E-state index < -0.39 is 12.1 Å². The predicted octanol–water partition coefficient (Wildman–Crippen LogP) is 1.18. The van der Waals surface area contributed by atoms with Crippen LogP contribution in [0.3, 0.4) is 0 Å². The fourth-order valence-electron chi connectivity index (χ4n) is 1.65. The number of esters is 1. The van der Waals surface area contributed by atoms with Gasteiger partial charge in [0.05, 0.1) is 0 Å². The summed E-state index contributed by atoms with van der Waals surface area (Å²) in [7, 11) is 0. The SMILES string of the molecule is Cc1ccc(C(=O)NCC(=O)OC(C)C(=O)NC(C)C)cc1. The largest absolute Gasteiger partial charge is 0.451 e. The van der Waals surface area contributed by atoms with Crippen molar-refractivity contribution >= 4 is 17.8 Å². The first kappa shape index (κ1) is 17.7. The average Bonchev–Trinajstić information content (AvgIpc) is 2.44. The molecule has 1 aromatic rings. The highest BCUT2D eigenvalue weighted by atomic mass is 16.5. The Morgan fingerprint density at radius 1 is 1.09 bits per heavy atom. The predicted molar refractivity (Wildman–Crippen MR) is 82.3 cm³/mol. The average molecular weight is 306 g/mol. The molecule has 22 heavy (non-hydrogen) atoms. The lowest BCUT2D eigenvalue weighted by Gasteiger charge is -2.15. The Kier molecular flexibility index (Phi) is 6.56. The second kappa shape index (κ2) is 8.17. The lowest BCUT2D eigenvalue weighted by Crippen LogP contribution is -2.41. The topological polar surface area (TPSA) is 84.5 Å². The first-order valence-corrected chi connectivity index (χ1v) is 7.14. The van der Waals surface area contributed by atoms with Gasteiger partial charge in [0.15, 0.2) is 6.10 Å². The Balaban J connectivity index is 2.41. The standard InChI is InChI=1S/C16H22N2O4/c1-10(2)18-15(20)12(4)22-14(19)9-17-16(21)13-7-5-11(3)6-8-13/h5-8,10,12H,9H2,1-4H3,(H,17,21)(H,18,20). The molecule has 0 saturated heterocycles. The summed E-state index contributed by atoms with van der Waals surface area (Å²) in [4.78, 5) is 35.0.